The first-order valence-electron chi connectivity index (χ1n) is 5.01. The molecule has 0 aliphatic rings. The molecular weight excluding hydrogens is 232 g/mol. The van der Waals surface area contributed by atoms with Gasteiger partial charge in [-0.15, -0.1) is 0 Å². The lowest BCUT2D eigenvalue weighted by molar-refractivity contribution is -0.140. The van der Waals surface area contributed by atoms with Crippen molar-refractivity contribution in [1.29, 1.82) is 0 Å². The molecule has 0 unspecified atom stereocenters. The van der Waals surface area contributed by atoms with Crippen molar-refractivity contribution in [1.82, 2.24) is 4.98 Å². The molecule has 0 atom stereocenters. The quantitative estimate of drug-likeness (QED) is 0.767. The smallest absolute Gasteiger partial charge is 0.325 e. The van der Waals surface area contributed by atoms with E-state index in [1.807, 2.05) is 0 Å². The summed E-state index contributed by atoms with van der Waals surface area (Å²) < 4.78 is 31.0. The number of pyridine rings is 1. The molecule has 0 saturated heterocycles. The number of esters is 1. The SMILES string of the molecule is CCOC(=O)CNc1nc(NC)c(F)cc1F. The highest BCUT2D eigenvalue weighted by Crippen LogP contribution is 2.18. The molecule has 0 spiro atoms. The zero-order valence-corrected chi connectivity index (χ0v) is 9.51. The van der Waals surface area contributed by atoms with E-state index in [1.54, 1.807) is 6.92 Å². The second-order valence-corrected chi connectivity index (χ2v) is 3.06. The lowest BCUT2D eigenvalue weighted by atomic mass is 10.4. The lowest BCUT2D eigenvalue weighted by Gasteiger charge is -2.08. The van der Waals surface area contributed by atoms with Gasteiger partial charge in [0.1, 0.15) is 6.54 Å². The number of hydrogen-bond donors (Lipinski definition) is 2. The Morgan fingerprint density at radius 1 is 1.41 bits per heavy atom. The topological polar surface area (TPSA) is 63.2 Å². The van der Waals surface area contributed by atoms with Crippen LogP contribution in [0.3, 0.4) is 0 Å². The third-order valence-electron chi connectivity index (χ3n) is 1.87. The predicted octanol–water partition coefficient (Wildman–Crippen LogP) is 1.38. The standard InChI is InChI=1S/C10H13F2N3O2/c1-3-17-8(16)5-14-10-7(12)4-6(11)9(13-2)15-10/h4H,3,5H2,1-2H3,(H2,13,14,15). The molecular formula is C10H13F2N3O2. The maximum atomic E-state index is 13.3. The molecule has 2 N–H and O–H groups in total. The van der Waals surface area contributed by atoms with Crippen molar-refractivity contribution in [2.75, 3.05) is 30.8 Å². The van der Waals surface area contributed by atoms with Crippen molar-refractivity contribution in [2.24, 2.45) is 0 Å². The van der Waals surface area contributed by atoms with Gasteiger partial charge in [0.2, 0.25) is 0 Å². The maximum Gasteiger partial charge on any atom is 0.325 e. The third kappa shape index (κ3) is 3.54. The largest absolute Gasteiger partial charge is 0.465 e. The first kappa shape index (κ1) is 13.1. The highest BCUT2D eigenvalue weighted by Gasteiger charge is 2.11. The summed E-state index contributed by atoms with van der Waals surface area (Å²) in [5.74, 6) is -2.51. The van der Waals surface area contributed by atoms with Crippen LogP contribution in [0.5, 0.6) is 0 Å². The number of aromatic nitrogens is 1. The molecule has 1 aromatic heterocycles. The molecule has 1 aromatic rings. The Morgan fingerprint density at radius 3 is 2.65 bits per heavy atom. The number of ether oxygens (including phenoxy) is 1. The minimum atomic E-state index is -0.870. The minimum Gasteiger partial charge on any atom is -0.465 e. The molecule has 0 saturated carbocycles. The summed E-state index contributed by atoms with van der Waals surface area (Å²) >= 11 is 0. The van der Waals surface area contributed by atoms with Crippen molar-refractivity contribution in [3.05, 3.63) is 17.7 Å². The Kier molecular flexibility index (Phi) is 4.62. The van der Waals surface area contributed by atoms with Gasteiger partial charge in [-0.2, -0.15) is 0 Å². The van der Waals surface area contributed by atoms with Crippen LogP contribution in [0.15, 0.2) is 6.07 Å². The Balaban J connectivity index is 2.74. The van der Waals surface area contributed by atoms with Crippen LogP contribution in [-0.4, -0.2) is 31.2 Å². The van der Waals surface area contributed by atoms with Gasteiger partial charge in [0.05, 0.1) is 6.61 Å². The second-order valence-electron chi connectivity index (χ2n) is 3.06. The molecule has 0 amide bonds. The van der Waals surface area contributed by atoms with Gasteiger partial charge < -0.3 is 15.4 Å². The number of carbonyl (C=O) groups is 1. The molecule has 1 heterocycles. The van der Waals surface area contributed by atoms with Crippen LogP contribution in [0.25, 0.3) is 0 Å². The number of halogens is 2. The van der Waals surface area contributed by atoms with Crippen LogP contribution in [0.2, 0.25) is 0 Å². The van der Waals surface area contributed by atoms with E-state index in [9.17, 15) is 13.6 Å². The zero-order chi connectivity index (χ0) is 12.8. The van der Waals surface area contributed by atoms with Crippen molar-refractivity contribution in [3.8, 4) is 0 Å². The van der Waals surface area contributed by atoms with E-state index >= 15 is 0 Å². The van der Waals surface area contributed by atoms with Crippen LogP contribution < -0.4 is 10.6 Å². The van der Waals surface area contributed by atoms with Gasteiger partial charge in [-0.1, -0.05) is 0 Å². The van der Waals surface area contributed by atoms with Gasteiger partial charge in [-0.05, 0) is 6.92 Å². The van der Waals surface area contributed by atoms with E-state index in [0.29, 0.717) is 6.07 Å². The van der Waals surface area contributed by atoms with E-state index < -0.39 is 17.6 Å². The second kappa shape index (κ2) is 5.97. The summed E-state index contributed by atoms with van der Waals surface area (Å²) in [4.78, 5) is 14.7. The van der Waals surface area contributed by atoms with Crippen LogP contribution >= 0.6 is 0 Å². The first-order chi connectivity index (χ1) is 8.08. The van der Waals surface area contributed by atoms with Crippen LogP contribution in [-0.2, 0) is 9.53 Å². The Hall–Kier alpha value is -1.92. The maximum absolute atomic E-state index is 13.3. The number of nitrogens with zero attached hydrogens (tertiary/aromatic N) is 1. The average Bonchev–Trinajstić information content (AvgIpc) is 2.28. The van der Waals surface area contributed by atoms with Crippen LogP contribution in [0, 0.1) is 11.6 Å². The molecule has 0 aliphatic carbocycles. The van der Waals surface area contributed by atoms with Gasteiger partial charge in [0.25, 0.3) is 0 Å². The van der Waals surface area contributed by atoms with Crippen molar-refractivity contribution in [3.63, 3.8) is 0 Å². The zero-order valence-electron chi connectivity index (χ0n) is 9.51. The summed E-state index contributed by atoms with van der Waals surface area (Å²) in [6.45, 7) is 1.67. The number of anilines is 2. The van der Waals surface area contributed by atoms with Crippen molar-refractivity contribution >= 4 is 17.6 Å². The molecule has 0 radical (unpaired) electrons. The van der Waals surface area contributed by atoms with Gasteiger partial charge >= 0.3 is 5.97 Å². The highest BCUT2D eigenvalue weighted by atomic mass is 19.1. The van der Waals surface area contributed by atoms with Gasteiger partial charge in [-0.25, -0.2) is 13.8 Å². The first-order valence-corrected chi connectivity index (χ1v) is 5.01. The minimum absolute atomic E-state index is 0.0993. The fourth-order valence-electron chi connectivity index (χ4n) is 1.13. The summed E-state index contributed by atoms with van der Waals surface area (Å²) in [5.41, 5.74) is 0. The van der Waals surface area contributed by atoms with Gasteiger partial charge in [0.15, 0.2) is 23.3 Å². The molecule has 0 bridgehead atoms. The van der Waals surface area contributed by atoms with Crippen molar-refractivity contribution in [2.45, 2.75) is 6.92 Å². The summed E-state index contributed by atoms with van der Waals surface area (Å²) in [7, 11) is 1.46. The fourth-order valence-corrected chi connectivity index (χ4v) is 1.13. The van der Waals surface area contributed by atoms with Crippen LogP contribution in [0.1, 0.15) is 6.92 Å². The number of rotatable bonds is 5. The van der Waals surface area contributed by atoms with Crippen molar-refractivity contribution < 1.29 is 18.3 Å². The van der Waals surface area contributed by atoms with E-state index in [-0.39, 0.29) is 24.8 Å². The van der Waals surface area contributed by atoms with E-state index in [0.717, 1.165) is 0 Å². The lowest BCUT2D eigenvalue weighted by Crippen LogP contribution is -2.18. The van der Waals surface area contributed by atoms with E-state index in [2.05, 4.69) is 20.4 Å². The number of hydrogen-bond acceptors (Lipinski definition) is 5. The molecule has 0 fully saturated rings. The normalized spacial score (nSPS) is 9.88. The summed E-state index contributed by atoms with van der Waals surface area (Å²) in [6.07, 6.45) is 0. The molecule has 0 aromatic carbocycles. The number of carbonyl (C=O) groups excluding carboxylic acids is 1. The Labute approximate surface area is 97.2 Å². The Bertz CT molecular complexity index is 413. The predicted molar refractivity (Wildman–Crippen MR) is 58.8 cm³/mol. The van der Waals surface area contributed by atoms with Crippen LogP contribution in [0.4, 0.5) is 20.4 Å². The van der Waals surface area contributed by atoms with Gasteiger partial charge in [-0.3, -0.25) is 4.79 Å². The molecule has 0 aliphatic heterocycles. The van der Waals surface area contributed by atoms with E-state index in [4.69, 9.17) is 0 Å². The van der Waals surface area contributed by atoms with Gasteiger partial charge in [0, 0.05) is 13.1 Å². The average molecular weight is 245 g/mol. The molecule has 1 rings (SSSR count). The highest BCUT2D eigenvalue weighted by molar-refractivity contribution is 5.74. The third-order valence-corrected chi connectivity index (χ3v) is 1.87. The van der Waals surface area contributed by atoms with E-state index in [1.165, 1.54) is 7.05 Å². The molecule has 94 valence electrons. The number of nitrogens with one attached hydrogen (secondary N) is 2. The molecule has 5 nitrogen and oxygen atoms in total. The molecule has 17 heavy (non-hydrogen) atoms. The fraction of sp³-hybridized carbons (Fsp3) is 0.400. The monoisotopic (exact) mass is 245 g/mol. The molecule has 7 heteroatoms. The summed E-state index contributed by atoms with van der Waals surface area (Å²) in [5, 5.41) is 4.90. The Morgan fingerprint density at radius 2 is 2.06 bits per heavy atom. The summed E-state index contributed by atoms with van der Waals surface area (Å²) in [6, 6.07) is 0.687.